The molecule has 24 heavy (non-hydrogen) atoms. The number of sulfonamides is 2. The van der Waals surface area contributed by atoms with Crippen molar-refractivity contribution in [2.45, 2.75) is 25.9 Å². The number of pyridine rings is 1. The van der Waals surface area contributed by atoms with E-state index < -0.39 is 20.0 Å². The number of anilines is 1. The maximum absolute atomic E-state index is 11.8. The van der Waals surface area contributed by atoms with Gasteiger partial charge in [-0.1, -0.05) is 0 Å². The van der Waals surface area contributed by atoms with Crippen LogP contribution in [0.4, 0.5) is 5.69 Å². The minimum atomic E-state index is -3.32. The predicted octanol–water partition coefficient (Wildman–Crippen LogP) is 0.670. The van der Waals surface area contributed by atoms with E-state index in [-0.39, 0.29) is 11.9 Å². The summed E-state index contributed by atoms with van der Waals surface area (Å²) in [5.74, 6) is 0.416. The summed E-state index contributed by atoms with van der Waals surface area (Å²) < 4.78 is 55.0. The third kappa shape index (κ3) is 4.58. The van der Waals surface area contributed by atoms with E-state index in [9.17, 15) is 16.8 Å². The summed E-state index contributed by atoms with van der Waals surface area (Å²) in [6.45, 7) is 2.44. The molecule has 0 aromatic carbocycles. The van der Waals surface area contributed by atoms with Gasteiger partial charge < -0.3 is 4.74 Å². The van der Waals surface area contributed by atoms with Crippen LogP contribution in [0.3, 0.4) is 0 Å². The van der Waals surface area contributed by atoms with Gasteiger partial charge in [-0.15, -0.1) is 0 Å². The first kappa shape index (κ1) is 18.9. The Morgan fingerprint density at radius 3 is 2.33 bits per heavy atom. The monoisotopic (exact) mass is 377 g/mol. The zero-order chi connectivity index (χ0) is 18.0. The van der Waals surface area contributed by atoms with E-state index in [1.54, 1.807) is 19.1 Å². The van der Waals surface area contributed by atoms with E-state index in [1.807, 2.05) is 0 Å². The normalized spacial score (nSPS) is 17.6. The first-order valence-corrected chi connectivity index (χ1v) is 11.1. The molecule has 0 saturated carbocycles. The van der Waals surface area contributed by atoms with E-state index in [0.717, 1.165) is 0 Å². The van der Waals surface area contributed by atoms with Crippen molar-refractivity contribution in [3.8, 4) is 5.88 Å². The average Bonchev–Trinajstić information content (AvgIpc) is 2.54. The molecule has 10 heteroatoms. The molecule has 1 aliphatic heterocycles. The topological polar surface area (TPSA) is 96.9 Å². The Bertz CT molecular complexity index is 754. The lowest BCUT2D eigenvalue weighted by Gasteiger charge is -2.30. The number of nitrogens with zero attached hydrogens (tertiary/aromatic N) is 3. The number of hydrogen-bond acceptors (Lipinski definition) is 6. The maximum Gasteiger partial charge on any atom is 0.234 e. The third-order valence-electron chi connectivity index (χ3n) is 4.02. The van der Waals surface area contributed by atoms with Gasteiger partial charge in [0.15, 0.2) is 0 Å². The summed E-state index contributed by atoms with van der Waals surface area (Å²) in [5.41, 5.74) is 0.469. The molecule has 1 saturated heterocycles. The van der Waals surface area contributed by atoms with Crippen molar-refractivity contribution in [3.05, 3.63) is 18.3 Å². The van der Waals surface area contributed by atoms with Gasteiger partial charge in [0, 0.05) is 26.2 Å². The van der Waals surface area contributed by atoms with E-state index in [0.29, 0.717) is 37.5 Å². The van der Waals surface area contributed by atoms with Gasteiger partial charge in [0.2, 0.25) is 25.9 Å². The van der Waals surface area contributed by atoms with Gasteiger partial charge in [0.1, 0.15) is 6.10 Å². The molecule has 2 rings (SSSR count). The Balaban J connectivity index is 1.96. The molecule has 1 aliphatic rings. The highest BCUT2D eigenvalue weighted by Crippen LogP contribution is 2.22. The summed E-state index contributed by atoms with van der Waals surface area (Å²) >= 11 is 0. The molecule has 1 aromatic rings. The number of piperidine rings is 1. The van der Waals surface area contributed by atoms with Crippen molar-refractivity contribution in [1.29, 1.82) is 0 Å². The Labute approximate surface area is 143 Å². The van der Waals surface area contributed by atoms with Crippen LogP contribution in [0.15, 0.2) is 18.3 Å². The lowest BCUT2D eigenvalue weighted by Crippen LogP contribution is -2.41. The van der Waals surface area contributed by atoms with E-state index in [1.165, 1.54) is 28.1 Å². The van der Waals surface area contributed by atoms with Crippen molar-refractivity contribution in [3.63, 3.8) is 0 Å². The Morgan fingerprint density at radius 1 is 1.25 bits per heavy atom. The smallest absolute Gasteiger partial charge is 0.234 e. The van der Waals surface area contributed by atoms with Gasteiger partial charge in [-0.2, -0.15) is 0 Å². The van der Waals surface area contributed by atoms with Crippen LogP contribution in [-0.2, 0) is 20.0 Å². The average molecular weight is 377 g/mol. The lowest BCUT2D eigenvalue weighted by atomic mass is 10.1. The van der Waals surface area contributed by atoms with Gasteiger partial charge in [-0.25, -0.2) is 26.1 Å². The molecule has 1 aromatic heterocycles. The molecule has 8 nitrogen and oxygen atoms in total. The van der Waals surface area contributed by atoms with Crippen molar-refractivity contribution >= 4 is 25.7 Å². The van der Waals surface area contributed by atoms with E-state index in [2.05, 4.69) is 4.98 Å². The molecule has 1 fully saturated rings. The van der Waals surface area contributed by atoms with Crippen LogP contribution in [0.1, 0.15) is 19.8 Å². The van der Waals surface area contributed by atoms with Crippen molar-refractivity contribution in [2.75, 3.05) is 36.5 Å². The molecule has 0 aliphatic carbocycles. The molecule has 0 amide bonds. The lowest BCUT2D eigenvalue weighted by molar-refractivity contribution is 0.130. The summed E-state index contributed by atoms with van der Waals surface area (Å²) in [4.78, 5) is 4.15. The molecule has 0 spiro atoms. The van der Waals surface area contributed by atoms with Crippen LogP contribution in [0.5, 0.6) is 5.88 Å². The van der Waals surface area contributed by atoms with Crippen molar-refractivity contribution in [2.24, 2.45) is 0 Å². The fraction of sp³-hybridized carbons (Fsp3) is 0.643. The Hall–Kier alpha value is -1.39. The first-order chi connectivity index (χ1) is 11.1. The standard InChI is InChI=1S/C14H23N3O5S2/c1-4-24(20,21)16(2)12-5-6-14(15-11-12)22-13-7-9-17(10-8-13)23(3,18)19/h5-6,11,13H,4,7-10H2,1-3H3. The molecule has 0 unspecified atom stereocenters. The largest absolute Gasteiger partial charge is 0.474 e. The third-order valence-corrected chi connectivity index (χ3v) is 7.10. The van der Waals surface area contributed by atoms with Gasteiger partial charge in [-0.3, -0.25) is 4.31 Å². The zero-order valence-corrected chi connectivity index (χ0v) is 15.7. The van der Waals surface area contributed by atoms with E-state index in [4.69, 9.17) is 4.74 Å². The first-order valence-electron chi connectivity index (χ1n) is 7.68. The van der Waals surface area contributed by atoms with E-state index >= 15 is 0 Å². The zero-order valence-electron chi connectivity index (χ0n) is 14.0. The van der Waals surface area contributed by atoms with Gasteiger partial charge >= 0.3 is 0 Å². The van der Waals surface area contributed by atoms with Crippen LogP contribution in [0.25, 0.3) is 0 Å². The summed E-state index contributed by atoms with van der Waals surface area (Å²) in [7, 11) is -4.99. The number of hydrogen-bond donors (Lipinski definition) is 0. The molecule has 0 radical (unpaired) electrons. The predicted molar refractivity (Wildman–Crippen MR) is 92.2 cm³/mol. The van der Waals surface area contributed by atoms with Gasteiger partial charge in [-0.05, 0) is 25.8 Å². The molecular weight excluding hydrogens is 354 g/mol. The molecule has 0 atom stereocenters. The minimum absolute atomic E-state index is 0.0145. The SMILES string of the molecule is CCS(=O)(=O)N(C)c1ccc(OC2CCN(S(C)(=O)=O)CC2)nc1. The van der Waals surface area contributed by atoms with Crippen LogP contribution in [0, 0.1) is 0 Å². The van der Waals surface area contributed by atoms with Crippen molar-refractivity contribution in [1.82, 2.24) is 9.29 Å². The molecule has 0 bridgehead atoms. The van der Waals surface area contributed by atoms with Crippen LogP contribution >= 0.6 is 0 Å². The highest BCUT2D eigenvalue weighted by molar-refractivity contribution is 7.92. The number of rotatable bonds is 6. The molecule has 0 N–H and O–H groups in total. The number of aromatic nitrogens is 1. The minimum Gasteiger partial charge on any atom is -0.474 e. The van der Waals surface area contributed by atoms with Crippen LogP contribution in [0.2, 0.25) is 0 Å². The Kier molecular flexibility index (Phi) is 5.71. The molecule has 136 valence electrons. The maximum atomic E-state index is 11.8. The Morgan fingerprint density at radius 2 is 1.88 bits per heavy atom. The second-order valence-corrected chi connectivity index (χ2v) is 9.97. The second kappa shape index (κ2) is 7.24. The highest BCUT2D eigenvalue weighted by Gasteiger charge is 2.26. The molecular formula is C14H23N3O5S2. The highest BCUT2D eigenvalue weighted by atomic mass is 32.2. The fourth-order valence-corrected chi connectivity index (χ4v) is 4.13. The van der Waals surface area contributed by atoms with Gasteiger partial charge in [0.05, 0.1) is 23.9 Å². The van der Waals surface area contributed by atoms with Gasteiger partial charge in [0.25, 0.3) is 0 Å². The summed E-state index contributed by atoms with van der Waals surface area (Å²) in [5, 5.41) is 0. The second-order valence-electron chi connectivity index (χ2n) is 5.70. The summed E-state index contributed by atoms with van der Waals surface area (Å²) in [6.07, 6.45) is 3.75. The van der Waals surface area contributed by atoms with Crippen molar-refractivity contribution < 1.29 is 21.6 Å². The number of ether oxygens (including phenoxy) is 1. The van der Waals surface area contributed by atoms with Crippen LogP contribution < -0.4 is 9.04 Å². The van der Waals surface area contributed by atoms with Crippen LogP contribution in [-0.4, -0.2) is 64.4 Å². The molecule has 2 heterocycles. The summed E-state index contributed by atoms with van der Waals surface area (Å²) in [6, 6.07) is 3.27. The fourth-order valence-electron chi connectivity index (χ4n) is 2.44. The quantitative estimate of drug-likeness (QED) is 0.723.